The van der Waals surface area contributed by atoms with Gasteiger partial charge in [-0.3, -0.25) is 24.6 Å². The molecule has 0 bridgehead atoms. The third-order valence-electron chi connectivity index (χ3n) is 4.81. The van der Waals surface area contributed by atoms with Crippen LogP contribution in [0.25, 0.3) is 17.0 Å². The van der Waals surface area contributed by atoms with Gasteiger partial charge in [-0.25, -0.2) is 4.79 Å². The summed E-state index contributed by atoms with van der Waals surface area (Å²) in [5, 5.41) is 2.49. The van der Waals surface area contributed by atoms with E-state index in [0.717, 1.165) is 16.5 Å². The number of para-hydroxylation sites is 1. The number of benzene rings is 2. The van der Waals surface area contributed by atoms with E-state index in [9.17, 15) is 19.2 Å². The molecule has 1 aliphatic heterocycles. The molecule has 0 unspecified atom stereocenters. The molecule has 29 heavy (non-hydrogen) atoms. The molecule has 7 nitrogen and oxygen atoms in total. The van der Waals surface area contributed by atoms with Crippen LogP contribution in [0.3, 0.4) is 0 Å². The highest BCUT2D eigenvalue weighted by molar-refractivity contribution is 6.31. The normalized spacial score (nSPS) is 16.9. The Morgan fingerprint density at radius 1 is 0.966 bits per heavy atom. The maximum atomic E-state index is 13.0. The third-order valence-corrected chi connectivity index (χ3v) is 4.81. The zero-order valence-electron chi connectivity index (χ0n) is 15.4. The van der Waals surface area contributed by atoms with Crippen LogP contribution >= 0.6 is 0 Å². The lowest BCUT2D eigenvalue weighted by atomic mass is 10.0. The minimum absolute atomic E-state index is 0.0452. The van der Waals surface area contributed by atoms with E-state index in [2.05, 4.69) is 5.32 Å². The van der Waals surface area contributed by atoms with E-state index in [1.807, 2.05) is 6.07 Å². The first-order valence-electron chi connectivity index (χ1n) is 8.93. The van der Waals surface area contributed by atoms with Gasteiger partial charge in [-0.15, -0.1) is 0 Å². The van der Waals surface area contributed by atoms with E-state index in [4.69, 9.17) is 4.42 Å². The molecule has 7 heteroatoms. The summed E-state index contributed by atoms with van der Waals surface area (Å²) in [6.45, 7) is 1.69. The highest BCUT2D eigenvalue weighted by Crippen LogP contribution is 2.25. The Labute approximate surface area is 165 Å². The fraction of sp³-hybridized carbons (Fsp3) is 0.0909. The number of amides is 4. The standard InChI is InChI=1S/C22H16N2O5/c1-13(14-7-3-2-4-8-14)24-21(27)17(20(26)23-22(24)28)11-15-12-29-18-10-6-5-9-16(18)19(15)25/h2-13H,1H3,(H,23,26,28)/b17-11-/t13-/m1/s1. The summed E-state index contributed by atoms with van der Waals surface area (Å²) < 4.78 is 5.43. The number of imide groups is 2. The molecule has 0 spiro atoms. The summed E-state index contributed by atoms with van der Waals surface area (Å²) in [6.07, 6.45) is 2.35. The number of nitrogens with zero attached hydrogens (tertiary/aromatic N) is 1. The molecule has 1 aromatic heterocycles. The van der Waals surface area contributed by atoms with Gasteiger partial charge in [0.15, 0.2) is 5.43 Å². The lowest BCUT2D eigenvalue weighted by molar-refractivity contribution is -0.131. The molecule has 2 aromatic carbocycles. The molecule has 0 radical (unpaired) electrons. The van der Waals surface area contributed by atoms with Crippen molar-refractivity contribution in [3.63, 3.8) is 0 Å². The average molecular weight is 388 g/mol. The zero-order chi connectivity index (χ0) is 20.5. The second kappa shape index (κ2) is 7.20. The first kappa shape index (κ1) is 18.4. The van der Waals surface area contributed by atoms with Gasteiger partial charge in [0.05, 0.1) is 17.0 Å². The van der Waals surface area contributed by atoms with Crippen LogP contribution in [-0.2, 0) is 9.59 Å². The number of rotatable bonds is 3. The predicted octanol–water partition coefficient (Wildman–Crippen LogP) is 3.02. The van der Waals surface area contributed by atoms with Crippen LogP contribution in [0.1, 0.15) is 24.1 Å². The van der Waals surface area contributed by atoms with E-state index in [-0.39, 0.29) is 16.6 Å². The smallest absolute Gasteiger partial charge is 0.331 e. The Kier molecular flexibility index (Phi) is 4.56. The second-order valence-corrected chi connectivity index (χ2v) is 6.60. The van der Waals surface area contributed by atoms with Crippen LogP contribution in [0.4, 0.5) is 4.79 Å². The van der Waals surface area contributed by atoms with Gasteiger partial charge in [0, 0.05) is 0 Å². The maximum Gasteiger partial charge on any atom is 0.331 e. The maximum absolute atomic E-state index is 13.0. The van der Waals surface area contributed by atoms with Crippen LogP contribution in [0.5, 0.6) is 0 Å². The molecule has 2 heterocycles. The Hall–Kier alpha value is -4.00. The van der Waals surface area contributed by atoms with Crippen LogP contribution in [0.15, 0.2) is 75.6 Å². The molecule has 0 saturated carbocycles. The highest BCUT2D eigenvalue weighted by atomic mass is 16.3. The van der Waals surface area contributed by atoms with E-state index >= 15 is 0 Å². The monoisotopic (exact) mass is 388 g/mol. The fourth-order valence-corrected chi connectivity index (χ4v) is 3.25. The van der Waals surface area contributed by atoms with Crippen molar-refractivity contribution in [3.8, 4) is 0 Å². The number of hydrogen-bond donors (Lipinski definition) is 1. The molecular formula is C22H16N2O5. The number of barbiturate groups is 1. The molecule has 1 fully saturated rings. The van der Waals surface area contributed by atoms with Gasteiger partial charge in [0.2, 0.25) is 0 Å². The minimum Gasteiger partial charge on any atom is -0.463 e. The van der Waals surface area contributed by atoms with Gasteiger partial charge in [-0.1, -0.05) is 42.5 Å². The lowest BCUT2D eigenvalue weighted by Crippen LogP contribution is -2.54. The Balaban J connectivity index is 1.76. The molecular weight excluding hydrogens is 372 g/mol. The molecule has 144 valence electrons. The predicted molar refractivity (Wildman–Crippen MR) is 106 cm³/mol. The van der Waals surface area contributed by atoms with Crippen LogP contribution in [0.2, 0.25) is 0 Å². The summed E-state index contributed by atoms with van der Waals surface area (Å²) in [6, 6.07) is 14.2. The van der Waals surface area contributed by atoms with Gasteiger partial charge >= 0.3 is 6.03 Å². The molecule has 4 amide bonds. The molecule has 0 aliphatic carbocycles. The van der Waals surface area contributed by atoms with Gasteiger partial charge < -0.3 is 4.42 Å². The summed E-state index contributed by atoms with van der Waals surface area (Å²) in [4.78, 5) is 51.3. The Morgan fingerprint density at radius 2 is 1.66 bits per heavy atom. The van der Waals surface area contributed by atoms with Crippen molar-refractivity contribution in [3.05, 3.63) is 87.8 Å². The second-order valence-electron chi connectivity index (χ2n) is 6.60. The largest absolute Gasteiger partial charge is 0.463 e. The zero-order valence-corrected chi connectivity index (χ0v) is 15.4. The van der Waals surface area contributed by atoms with Crippen molar-refractivity contribution in [2.24, 2.45) is 0 Å². The van der Waals surface area contributed by atoms with Crippen molar-refractivity contribution < 1.29 is 18.8 Å². The number of carbonyl (C=O) groups is 3. The molecule has 1 N–H and O–H groups in total. The van der Waals surface area contributed by atoms with E-state index in [0.29, 0.717) is 11.0 Å². The van der Waals surface area contributed by atoms with E-state index in [1.165, 1.54) is 6.26 Å². The minimum atomic E-state index is -0.857. The van der Waals surface area contributed by atoms with Gasteiger partial charge in [0.1, 0.15) is 17.4 Å². The highest BCUT2D eigenvalue weighted by Gasteiger charge is 2.39. The molecule has 1 atom stereocenters. The van der Waals surface area contributed by atoms with Gasteiger partial charge in [-0.2, -0.15) is 0 Å². The SMILES string of the molecule is C[C@H](c1ccccc1)N1C(=O)NC(=O)/C(=C/c2coc3ccccc3c2=O)C1=O. The number of carbonyl (C=O) groups excluding carboxylic acids is 3. The van der Waals surface area contributed by atoms with Crippen molar-refractivity contribution in [2.45, 2.75) is 13.0 Å². The van der Waals surface area contributed by atoms with Crippen molar-refractivity contribution >= 4 is 34.9 Å². The van der Waals surface area contributed by atoms with Crippen molar-refractivity contribution in [2.75, 3.05) is 0 Å². The topological polar surface area (TPSA) is 96.7 Å². The van der Waals surface area contributed by atoms with Crippen LogP contribution in [0, 0.1) is 0 Å². The quantitative estimate of drug-likeness (QED) is 0.550. The summed E-state index contributed by atoms with van der Waals surface area (Å²) >= 11 is 0. The van der Waals surface area contributed by atoms with E-state index in [1.54, 1.807) is 55.5 Å². The number of hydrogen-bond acceptors (Lipinski definition) is 5. The van der Waals surface area contributed by atoms with Crippen LogP contribution in [-0.4, -0.2) is 22.7 Å². The van der Waals surface area contributed by atoms with Crippen LogP contribution < -0.4 is 10.7 Å². The third kappa shape index (κ3) is 3.23. The van der Waals surface area contributed by atoms with Crippen molar-refractivity contribution in [1.82, 2.24) is 10.2 Å². The van der Waals surface area contributed by atoms with Gasteiger partial charge in [0.25, 0.3) is 11.8 Å². The Morgan fingerprint density at radius 3 is 2.41 bits per heavy atom. The Bertz CT molecular complexity index is 1230. The first-order valence-corrected chi connectivity index (χ1v) is 8.93. The van der Waals surface area contributed by atoms with Crippen molar-refractivity contribution in [1.29, 1.82) is 0 Å². The molecule has 1 aliphatic rings. The first-order chi connectivity index (χ1) is 14.0. The number of fused-ring (bicyclic) bond motifs is 1. The molecule has 4 rings (SSSR count). The van der Waals surface area contributed by atoms with Gasteiger partial charge in [-0.05, 0) is 30.7 Å². The summed E-state index contributed by atoms with van der Waals surface area (Å²) in [5.41, 5.74) is 0.488. The average Bonchev–Trinajstić information content (AvgIpc) is 2.73. The summed E-state index contributed by atoms with van der Waals surface area (Å²) in [5.74, 6) is -1.63. The number of nitrogens with one attached hydrogen (secondary N) is 1. The molecule has 1 saturated heterocycles. The lowest BCUT2D eigenvalue weighted by Gasteiger charge is -2.31. The summed E-state index contributed by atoms with van der Waals surface area (Å²) in [7, 11) is 0. The molecule has 3 aromatic rings. The fourth-order valence-electron chi connectivity index (χ4n) is 3.25. The van der Waals surface area contributed by atoms with E-state index < -0.39 is 23.9 Å². The number of urea groups is 1.